The summed E-state index contributed by atoms with van der Waals surface area (Å²) in [5, 5.41) is 0. The average Bonchev–Trinajstić information content (AvgIpc) is 2.46. The van der Waals surface area contributed by atoms with Crippen LogP contribution < -0.4 is 0 Å². The first-order valence-corrected chi connectivity index (χ1v) is 8.28. The molecular weight excluding hydrogens is 268 g/mol. The highest BCUT2D eigenvalue weighted by Crippen LogP contribution is 2.18. The number of hydrogen-bond donors (Lipinski definition) is 0. The van der Waals surface area contributed by atoms with Crippen molar-refractivity contribution in [3.05, 3.63) is 0 Å². The fraction of sp³-hybridized carbons (Fsp3) is 0.875. The molecule has 1 amide bonds. The van der Waals surface area contributed by atoms with Crippen LogP contribution in [0.3, 0.4) is 0 Å². The van der Waals surface area contributed by atoms with Gasteiger partial charge in [-0.25, -0.2) is 0 Å². The number of esters is 1. The van der Waals surface area contributed by atoms with Crippen LogP contribution in [0.25, 0.3) is 0 Å². The quantitative estimate of drug-likeness (QED) is 0.743. The van der Waals surface area contributed by atoms with E-state index in [1.54, 1.807) is 0 Å². The molecule has 0 radical (unpaired) electrons. The largest absolute Gasteiger partial charge is 0.469 e. The summed E-state index contributed by atoms with van der Waals surface area (Å²) in [5.41, 5.74) is 0. The molecule has 0 saturated carbocycles. The summed E-state index contributed by atoms with van der Waals surface area (Å²) in [5.74, 6) is 0.168. The molecule has 2 aliphatic heterocycles. The van der Waals surface area contributed by atoms with Crippen molar-refractivity contribution in [3.63, 3.8) is 0 Å². The molecule has 5 nitrogen and oxygen atoms in total. The van der Waals surface area contributed by atoms with Gasteiger partial charge in [0.1, 0.15) is 0 Å². The van der Waals surface area contributed by atoms with E-state index in [0.717, 1.165) is 51.9 Å². The zero-order chi connectivity index (χ0) is 15.1. The number of methoxy groups -OCH3 is 1. The minimum absolute atomic E-state index is 0.0167. The lowest BCUT2D eigenvalue weighted by Gasteiger charge is -2.32. The van der Waals surface area contributed by atoms with Gasteiger partial charge in [0, 0.05) is 13.1 Å². The second-order valence-electron chi connectivity index (χ2n) is 6.22. The molecule has 0 spiro atoms. The summed E-state index contributed by atoms with van der Waals surface area (Å²) < 4.78 is 4.79. The molecule has 2 fully saturated rings. The molecule has 2 heterocycles. The number of ether oxygens (including phenoxy) is 1. The number of likely N-dealkylation sites (tertiary alicyclic amines) is 2. The lowest BCUT2D eigenvalue weighted by atomic mass is 9.97. The summed E-state index contributed by atoms with van der Waals surface area (Å²) in [4.78, 5) is 28.1. The lowest BCUT2D eigenvalue weighted by molar-refractivity contribution is -0.147. The van der Waals surface area contributed by atoms with Gasteiger partial charge in [0.05, 0.1) is 19.6 Å². The third-order valence-corrected chi connectivity index (χ3v) is 4.69. The van der Waals surface area contributed by atoms with E-state index in [1.807, 2.05) is 4.90 Å². The van der Waals surface area contributed by atoms with Crippen LogP contribution in [-0.4, -0.2) is 61.5 Å². The zero-order valence-electron chi connectivity index (χ0n) is 13.2. The Bertz CT molecular complexity index is 343. The highest BCUT2D eigenvalue weighted by molar-refractivity contribution is 5.78. The molecule has 120 valence electrons. The predicted molar refractivity (Wildman–Crippen MR) is 80.8 cm³/mol. The van der Waals surface area contributed by atoms with Crippen molar-refractivity contribution in [2.45, 2.75) is 44.9 Å². The Morgan fingerprint density at radius 3 is 2.10 bits per heavy atom. The standard InChI is InChI=1S/C16H28N2O3/c1-21-16(20)14-7-11-17(12-8-14)13-15(19)18-9-5-3-2-4-6-10-18/h14H,2-13H2,1H3. The Morgan fingerprint density at radius 2 is 1.52 bits per heavy atom. The molecule has 0 unspecified atom stereocenters. The third kappa shape index (κ3) is 4.99. The van der Waals surface area contributed by atoms with Crippen molar-refractivity contribution < 1.29 is 14.3 Å². The predicted octanol–water partition coefficient (Wildman–Crippen LogP) is 1.66. The van der Waals surface area contributed by atoms with E-state index in [9.17, 15) is 9.59 Å². The van der Waals surface area contributed by atoms with Gasteiger partial charge in [-0.05, 0) is 38.8 Å². The van der Waals surface area contributed by atoms with Gasteiger partial charge < -0.3 is 9.64 Å². The van der Waals surface area contributed by atoms with Crippen LogP contribution in [0, 0.1) is 5.92 Å². The van der Waals surface area contributed by atoms with Gasteiger partial charge in [-0.15, -0.1) is 0 Å². The van der Waals surface area contributed by atoms with Gasteiger partial charge in [0.25, 0.3) is 0 Å². The highest BCUT2D eigenvalue weighted by Gasteiger charge is 2.27. The highest BCUT2D eigenvalue weighted by atomic mass is 16.5. The molecule has 0 atom stereocenters. The molecule has 21 heavy (non-hydrogen) atoms. The van der Waals surface area contributed by atoms with Crippen LogP contribution >= 0.6 is 0 Å². The van der Waals surface area contributed by atoms with Gasteiger partial charge >= 0.3 is 5.97 Å². The maximum atomic E-state index is 12.4. The van der Waals surface area contributed by atoms with E-state index in [1.165, 1.54) is 26.4 Å². The fourth-order valence-corrected chi connectivity index (χ4v) is 3.28. The smallest absolute Gasteiger partial charge is 0.308 e. The monoisotopic (exact) mass is 296 g/mol. The summed E-state index contributed by atoms with van der Waals surface area (Å²) in [6.45, 7) is 3.97. The first kappa shape index (κ1) is 16.3. The number of carbonyl (C=O) groups is 2. The van der Waals surface area contributed by atoms with Crippen molar-refractivity contribution in [2.24, 2.45) is 5.92 Å². The molecule has 0 N–H and O–H groups in total. The van der Waals surface area contributed by atoms with Gasteiger partial charge in [-0.1, -0.05) is 19.3 Å². The molecule has 2 aliphatic rings. The Hall–Kier alpha value is -1.10. The SMILES string of the molecule is COC(=O)C1CCN(CC(=O)N2CCCCCCC2)CC1. The van der Waals surface area contributed by atoms with Crippen LogP contribution in [-0.2, 0) is 14.3 Å². The number of hydrogen-bond acceptors (Lipinski definition) is 4. The van der Waals surface area contributed by atoms with E-state index in [2.05, 4.69) is 4.90 Å². The normalized spacial score (nSPS) is 22.4. The van der Waals surface area contributed by atoms with Crippen LogP contribution in [0.2, 0.25) is 0 Å². The van der Waals surface area contributed by atoms with Crippen LogP contribution in [0.15, 0.2) is 0 Å². The summed E-state index contributed by atoms with van der Waals surface area (Å²) >= 11 is 0. The number of rotatable bonds is 3. The second-order valence-corrected chi connectivity index (χ2v) is 6.22. The number of nitrogens with zero attached hydrogens (tertiary/aromatic N) is 2. The fourth-order valence-electron chi connectivity index (χ4n) is 3.28. The zero-order valence-corrected chi connectivity index (χ0v) is 13.2. The molecule has 2 saturated heterocycles. The molecular formula is C16H28N2O3. The first-order chi connectivity index (χ1) is 10.2. The van der Waals surface area contributed by atoms with Crippen LogP contribution in [0.4, 0.5) is 0 Å². The third-order valence-electron chi connectivity index (χ3n) is 4.69. The van der Waals surface area contributed by atoms with E-state index in [0.29, 0.717) is 6.54 Å². The molecule has 5 heteroatoms. The molecule has 0 bridgehead atoms. The van der Waals surface area contributed by atoms with Gasteiger partial charge in [0.2, 0.25) is 5.91 Å². The molecule has 0 aromatic rings. The number of amides is 1. The lowest BCUT2D eigenvalue weighted by Crippen LogP contribution is -2.45. The Kier molecular flexibility index (Phi) is 6.49. The average molecular weight is 296 g/mol. The van der Waals surface area contributed by atoms with E-state index < -0.39 is 0 Å². The van der Waals surface area contributed by atoms with Crippen molar-refractivity contribution in [3.8, 4) is 0 Å². The van der Waals surface area contributed by atoms with E-state index >= 15 is 0 Å². The van der Waals surface area contributed by atoms with E-state index in [4.69, 9.17) is 4.74 Å². The van der Waals surface area contributed by atoms with Crippen molar-refractivity contribution in [2.75, 3.05) is 39.8 Å². The maximum absolute atomic E-state index is 12.4. The van der Waals surface area contributed by atoms with Crippen molar-refractivity contribution in [1.29, 1.82) is 0 Å². The molecule has 0 aliphatic carbocycles. The number of carbonyl (C=O) groups excluding carboxylic acids is 2. The molecule has 2 rings (SSSR count). The van der Waals surface area contributed by atoms with Crippen molar-refractivity contribution >= 4 is 11.9 Å². The minimum atomic E-state index is -0.107. The van der Waals surface area contributed by atoms with Gasteiger partial charge in [-0.2, -0.15) is 0 Å². The topological polar surface area (TPSA) is 49.9 Å². The Balaban J connectivity index is 1.74. The maximum Gasteiger partial charge on any atom is 0.308 e. The summed E-state index contributed by atoms with van der Waals surface area (Å²) in [6, 6.07) is 0. The van der Waals surface area contributed by atoms with Gasteiger partial charge in [0.15, 0.2) is 0 Å². The van der Waals surface area contributed by atoms with Crippen LogP contribution in [0.1, 0.15) is 44.9 Å². The Labute approximate surface area is 127 Å². The van der Waals surface area contributed by atoms with Crippen molar-refractivity contribution in [1.82, 2.24) is 9.80 Å². The Morgan fingerprint density at radius 1 is 0.952 bits per heavy atom. The minimum Gasteiger partial charge on any atom is -0.469 e. The first-order valence-electron chi connectivity index (χ1n) is 8.28. The van der Waals surface area contributed by atoms with Gasteiger partial charge in [-0.3, -0.25) is 14.5 Å². The van der Waals surface area contributed by atoms with E-state index in [-0.39, 0.29) is 17.8 Å². The summed E-state index contributed by atoms with van der Waals surface area (Å²) in [7, 11) is 1.44. The summed E-state index contributed by atoms with van der Waals surface area (Å²) in [6.07, 6.45) is 7.68. The molecule has 0 aromatic carbocycles. The second kappa shape index (κ2) is 8.37. The van der Waals surface area contributed by atoms with Crippen LogP contribution in [0.5, 0.6) is 0 Å². The molecule has 0 aromatic heterocycles. The number of piperidine rings is 1.